The van der Waals surface area contributed by atoms with Crippen LogP contribution >= 0.6 is 0 Å². The van der Waals surface area contributed by atoms with Gasteiger partial charge in [0, 0.05) is 28.8 Å². The Labute approximate surface area is 226 Å². The van der Waals surface area contributed by atoms with Crippen LogP contribution in [0, 0.1) is 5.92 Å². The van der Waals surface area contributed by atoms with Crippen molar-refractivity contribution in [2.24, 2.45) is 5.92 Å². The highest BCUT2D eigenvalue weighted by molar-refractivity contribution is 6.13. The number of ether oxygens (including phenoxy) is 5. The summed E-state index contributed by atoms with van der Waals surface area (Å²) in [6, 6.07) is 12.7. The largest absolute Gasteiger partial charge is 0.496 e. The van der Waals surface area contributed by atoms with Crippen molar-refractivity contribution in [2.45, 2.75) is 39.0 Å². The van der Waals surface area contributed by atoms with Crippen LogP contribution in [0.25, 0.3) is 0 Å². The molecule has 0 fully saturated rings. The monoisotopic (exact) mass is 533 g/mol. The topological polar surface area (TPSA) is 109 Å². The van der Waals surface area contributed by atoms with Gasteiger partial charge in [0.2, 0.25) is 6.79 Å². The summed E-state index contributed by atoms with van der Waals surface area (Å²) in [5, 5.41) is 3.31. The van der Waals surface area contributed by atoms with Gasteiger partial charge in [-0.3, -0.25) is 9.59 Å². The Balaban J connectivity index is 1.69. The van der Waals surface area contributed by atoms with E-state index in [1.807, 2.05) is 18.2 Å². The summed E-state index contributed by atoms with van der Waals surface area (Å²) in [4.78, 5) is 41.1. The van der Waals surface area contributed by atoms with Gasteiger partial charge in [-0.15, -0.1) is 0 Å². The maximum atomic E-state index is 14.4. The van der Waals surface area contributed by atoms with Crippen molar-refractivity contribution in [2.75, 3.05) is 27.1 Å². The van der Waals surface area contributed by atoms with Gasteiger partial charge in [-0.05, 0) is 56.5 Å². The molecule has 3 aliphatic rings. The second-order valence-electron chi connectivity index (χ2n) is 9.47. The molecule has 1 aliphatic carbocycles. The molecule has 0 saturated heterocycles. The Morgan fingerprint density at radius 1 is 1.03 bits per heavy atom. The first-order valence-electron chi connectivity index (χ1n) is 13.0. The Hall–Kier alpha value is -4.27. The molecular weight excluding hydrogens is 502 g/mol. The van der Waals surface area contributed by atoms with Crippen LogP contribution in [0.5, 0.6) is 17.2 Å². The number of dihydropyridines is 1. The summed E-state index contributed by atoms with van der Waals surface area (Å²) in [6.07, 6.45) is 0.333. The Morgan fingerprint density at radius 3 is 2.51 bits per heavy atom. The highest BCUT2D eigenvalue weighted by atomic mass is 16.7. The molecular formula is C30H31NO8. The molecule has 0 spiro atoms. The van der Waals surface area contributed by atoms with Gasteiger partial charge in [0.1, 0.15) is 11.7 Å². The van der Waals surface area contributed by atoms with Gasteiger partial charge in [-0.2, -0.15) is 0 Å². The van der Waals surface area contributed by atoms with E-state index in [2.05, 4.69) is 5.32 Å². The number of esters is 2. The van der Waals surface area contributed by atoms with Crippen LogP contribution in [-0.4, -0.2) is 44.8 Å². The lowest BCUT2D eigenvalue weighted by Gasteiger charge is -2.39. The lowest BCUT2D eigenvalue weighted by Crippen LogP contribution is -2.43. The molecule has 1 N–H and O–H groups in total. The van der Waals surface area contributed by atoms with Gasteiger partial charge in [-0.25, -0.2) is 4.79 Å². The van der Waals surface area contributed by atoms with E-state index in [4.69, 9.17) is 23.7 Å². The molecule has 2 aromatic rings. The van der Waals surface area contributed by atoms with Crippen LogP contribution in [0.1, 0.15) is 50.2 Å². The molecule has 0 aromatic heterocycles. The van der Waals surface area contributed by atoms with Crippen LogP contribution < -0.4 is 19.5 Å². The first-order valence-corrected chi connectivity index (χ1v) is 13.0. The molecule has 0 saturated carbocycles. The third-order valence-corrected chi connectivity index (χ3v) is 7.32. The molecule has 9 heteroatoms. The van der Waals surface area contributed by atoms with E-state index >= 15 is 0 Å². The molecule has 2 aromatic carbocycles. The summed E-state index contributed by atoms with van der Waals surface area (Å²) in [7, 11) is 1.56. The second kappa shape index (κ2) is 10.8. The fourth-order valence-corrected chi connectivity index (χ4v) is 5.71. The minimum Gasteiger partial charge on any atom is -0.496 e. The van der Waals surface area contributed by atoms with E-state index in [0.717, 1.165) is 5.56 Å². The van der Waals surface area contributed by atoms with Crippen molar-refractivity contribution in [1.82, 2.24) is 5.32 Å². The van der Waals surface area contributed by atoms with Gasteiger partial charge >= 0.3 is 11.9 Å². The molecule has 0 bridgehead atoms. The van der Waals surface area contributed by atoms with Gasteiger partial charge < -0.3 is 29.0 Å². The molecule has 2 heterocycles. The predicted octanol–water partition coefficient (Wildman–Crippen LogP) is 4.14. The van der Waals surface area contributed by atoms with Crippen LogP contribution in [0.4, 0.5) is 0 Å². The zero-order chi connectivity index (χ0) is 27.7. The number of rotatable bonds is 7. The molecule has 0 amide bonds. The van der Waals surface area contributed by atoms with E-state index in [0.29, 0.717) is 51.8 Å². The van der Waals surface area contributed by atoms with Crippen molar-refractivity contribution in [3.05, 3.63) is 76.1 Å². The fraction of sp³-hybridized carbons (Fsp3) is 0.367. The fourth-order valence-electron chi connectivity index (χ4n) is 5.71. The summed E-state index contributed by atoms with van der Waals surface area (Å²) in [5.41, 5.74) is 3.26. The SMILES string of the molecule is CCOC(=O)C1=C(C)NC2=C(C(=O)[C@@H](C(=O)OCC)[C@H](c3ccccc3OC)C2)[C@@H]1c1ccc2c(c1)OCO2. The molecule has 2 aliphatic heterocycles. The second-order valence-corrected chi connectivity index (χ2v) is 9.47. The molecule has 0 radical (unpaired) electrons. The number of hydrogen-bond donors (Lipinski definition) is 1. The van der Waals surface area contributed by atoms with Gasteiger partial charge in [0.05, 0.1) is 25.9 Å². The zero-order valence-electron chi connectivity index (χ0n) is 22.4. The first-order chi connectivity index (χ1) is 18.9. The number of fused-ring (bicyclic) bond motifs is 1. The molecule has 9 nitrogen and oxygen atoms in total. The van der Waals surface area contributed by atoms with Gasteiger partial charge in [0.15, 0.2) is 17.3 Å². The van der Waals surface area contributed by atoms with E-state index in [1.54, 1.807) is 52.1 Å². The maximum absolute atomic E-state index is 14.4. The smallest absolute Gasteiger partial charge is 0.336 e. The van der Waals surface area contributed by atoms with Crippen LogP contribution in [0.3, 0.4) is 0 Å². The van der Waals surface area contributed by atoms with Crippen molar-refractivity contribution in [1.29, 1.82) is 0 Å². The number of carbonyl (C=O) groups excluding carboxylic acids is 3. The molecule has 39 heavy (non-hydrogen) atoms. The number of para-hydroxylation sites is 1. The number of ketones is 1. The van der Waals surface area contributed by atoms with Crippen LogP contribution in [0.2, 0.25) is 0 Å². The van der Waals surface area contributed by atoms with Crippen molar-refractivity contribution in [3.8, 4) is 17.2 Å². The lowest BCUT2D eigenvalue weighted by molar-refractivity contribution is -0.152. The van der Waals surface area contributed by atoms with Gasteiger partial charge in [0.25, 0.3) is 0 Å². The van der Waals surface area contributed by atoms with Crippen LogP contribution in [0.15, 0.2) is 65.0 Å². The molecule has 0 unspecified atom stereocenters. The van der Waals surface area contributed by atoms with E-state index < -0.39 is 35.5 Å². The molecule has 5 rings (SSSR count). The Bertz CT molecular complexity index is 1390. The first kappa shape index (κ1) is 26.3. The van der Waals surface area contributed by atoms with Crippen molar-refractivity contribution >= 4 is 17.7 Å². The summed E-state index contributed by atoms with van der Waals surface area (Å²) in [5.74, 6) is -2.32. The number of carbonyl (C=O) groups is 3. The molecule has 204 valence electrons. The van der Waals surface area contributed by atoms with E-state index in [-0.39, 0.29) is 20.0 Å². The average Bonchev–Trinajstić information content (AvgIpc) is 3.40. The summed E-state index contributed by atoms with van der Waals surface area (Å²) >= 11 is 0. The number of allylic oxidation sites excluding steroid dienone is 3. The lowest BCUT2D eigenvalue weighted by atomic mass is 9.67. The van der Waals surface area contributed by atoms with Gasteiger partial charge in [-0.1, -0.05) is 24.3 Å². The van der Waals surface area contributed by atoms with Crippen molar-refractivity contribution < 1.29 is 38.1 Å². The third kappa shape index (κ3) is 4.62. The minimum absolute atomic E-state index is 0.0863. The number of Topliss-reactive ketones (excluding diaryl/α,β-unsaturated/α-hetero) is 1. The Morgan fingerprint density at radius 2 is 1.77 bits per heavy atom. The standard InChI is InChI=1S/C30H31NO8/c1-5-36-29(33)24-16(3)31-20-14-19(18-9-7-8-10-21(18)35-4)26(30(34)37-6-2)28(32)27(20)25(24)17-11-12-22-23(13-17)39-15-38-22/h7-13,19,25-26,31H,5-6,14-15H2,1-4H3/t19-,25+,26-/m0/s1. The van der Waals surface area contributed by atoms with Crippen LogP contribution in [-0.2, 0) is 23.9 Å². The normalized spacial score (nSPS) is 21.7. The maximum Gasteiger partial charge on any atom is 0.336 e. The highest BCUT2D eigenvalue weighted by Crippen LogP contribution is 2.50. The average molecular weight is 534 g/mol. The quantitative estimate of drug-likeness (QED) is 0.415. The number of methoxy groups -OCH3 is 1. The predicted molar refractivity (Wildman–Crippen MR) is 140 cm³/mol. The number of hydrogen-bond acceptors (Lipinski definition) is 9. The summed E-state index contributed by atoms with van der Waals surface area (Å²) < 4.78 is 27.5. The van der Waals surface area contributed by atoms with Crippen molar-refractivity contribution in [3.63, 3.8) is 0 Å². The molecule has 3 atom stereocenters. The number of nitrogens with one attached hydrogen (secondary N) is 1. The zero-order valence-corrected chi connectivity index (χ0v) is 22.4. The Kier molecular flexibility index (Phi) is 7.32. The van der Waals surface area contributed by atoms with E-state index in [9.17, 15) is 14.4 Å². The minimum atomic E-state index is -1.12. The highest BCUT2D eigenvalue weighted by Gasteiger charge is 2.49. The summed E-state index contributed by atoms with van der Waals surface area (Å²) in [6.45, 7) is 5.61. The number of benzene rings is 2. The third-order valence-electron chi connectivity index (χ3n) is 7.32. The van der Waals surface area contributed by atoms with E-state index in [1.165, 1.54) is 0 Å².